The number of rotatable bonds is 1. The van der Waals surface area contributed by atoms with Crippen LogP contribution in [0.2, 0.25) is 0 Å². The van der Waals surface area contributed by atoms with Crippen LogP contribution in [0.4, 0.5) is 0 Å². The lowest BCUT2D eigenvalue weighted by Crippen LogP contribution is -2.42. The second-order valence-electron chi connectivity index (χ2n) is 4.22. The van der Waals surface area contributed by atoms with Crippen molar-refractivity contribution in [3.05, 3.63) is 11.8 Å². The Kier molecular flexibility index (Phi) is 3.38. The van der Waals surface area contributed by atoms with E-state index in [9.17, 15) is 4.79 Å². The Hall–Kier alpha value is -0.870. The topological polar surface area (TPSA) is 32.8 Å². The highest BCUT2D eigenvalue weighted by Crippen LogP contribution is 2.11. The molecule has 4 nitrogen and oxygen atoms in total. The number of carbonyl (C=O) groups excluding carboxylic acids is 1. The summed E-state index contributed by atoms with van der Waals surface area (Å²) in [6.07, 6.45) is 2.54. The van der Waals surface area contributed by atoms with Crippen LogP contribution in [0.5, 0.6) is 0 Å². The average Bonchev–Trinajstić information content (AvgIpc) is 2.25. The molecule has 2 aliphatic rings. The first-order chi connectivity index (χ1) is 7.25. The molecule has 0 bridgehead atoms. The lowest BCUT2D eigenvalue weighted by molar-refractivity contribution is -0.119. The maximum absolute atomic E-state index is 11.5. The highest BCUT2D eigenvalue weighted by Gasteiger charge is 2.18. The van der Waals surface area contributed by atoms with Gasteiger partial charge >= 0.3 is 0 Å². The second kappa shape index (κ2) is 4.77. The van der Waals surface area contributed by atoms with Crippen molar-refractivity contribution in [3.8, 4) is 0 Å². The summed E-state index contributed by atoms with van der Waals surface area (Å²) in [5.74, 6) is 0.250. The van der Waals surface area contributed by atoms with E-state index in [1.165, 1.54) is 0 Å². The molecule has 2 aliphatic heterocycles. The van der Waals surface area contributed by atoms with Crippen molar-refractivity contribution in [2.24, 2.45) is 0 Å². The largest absolute Gasteiger partial charge is 0.376 e. The van der Waals surface area contributed by atoms with Gasteiger partial charge in [-0.25, -0.2) is 0 Å². The smallest absolute Gasteiger partial charge is 0.164 e. The molecule has 0 radical (unpaired) electrons. The lowest BCUT2D eigenvalue weighted by Gasteiger charge is -2.32. The Labute approximate surface area is 90.5 Å². The molecule has 0 amide bonds. The van der Waals surface area contributed by atoms with Gasteiger partial charge in [0.1, 0.15) is 0 Å². The number of ether oxygens (including phenoxy) is 1. The average molecular weight is 210 g/mol. The van der Waals surface area contributed by atoms with Gasteiger partial charge in [0.25, 0.3) is 0 Å². The summed E-state index contributed by atoms with van der Waals surface area (Å²) in [5, 5.41) is 0. The van der Waals surface area contributed by atoms with E-state index in [1.54, 1.807) is 0 Å². The quantitative estimate of drug-likeness (QED) is 0.575. The molecule has 0 aromatic rings. The predicted molar refractivity (Wildman–Crippen MR) is 57.6 cm³/mol. The predicted octanol–water partition coefficient (Wildman–Crippen LogP) is 0.107. The SMILES string of the molecule is CN1CCN(/C=C2\COCCC2=O)CC1. The Morgan fingerprint density at radius 1 is 1.27 bits per heavy atom. The maximum atomic E-state index is 11.5. The van der Waals surface area contributed by atoms with Crippen LogP contribution in [0.25, 0.3) is 0 Å². The first-order valence-corrected chi connectivity index (χ1v) is 5.50. The second-order valence-corrected chi connectivity index (χ2v) is 4.22. The van der Waals surface area contributed by atoms with E-state index in [-0.39, 0.29) is 5.78 Å². The van der Waals surface area contributed by atoms with Crippen LogP contribution in [-0.2, 0) is 9.53 Å². The summed E-state index contributed by atoms with van der Waals surface area (Å²) in [6.45, 7) is 5.22. The number of nitrogens with zero attached hydrogens (tertiary/aromatic N) is 2. The van der Waals surface area contributed by atoms with Crippen molar-refractivity contribution in [2.45, 2.75) is 6.42 Å². The van der Waals surface area contributed by atoms with Gasteiger partial charge < -0.3 is 14.5 Å². The van der Waals surface area contributed by atoms with Crippen LogP contribution in [-0.4, -0.2) is 62.0 Å². The first kappa shape index (κ1) is 10.6. The normalized spacial score (nSPS) is 27.4. The number of carbonyl (C=O) groups is 1. The zero-order valence-electron chi connectivity index (χ0n) is 9.24. The molecule has 2 fully saturated rings. The van der Waals surface area contributed by atoms with Gasteiger partial charge in [0.15, 0.2) is 5.78 Å². The third-order valence-corrected chi connectivity index (χ3v) is 2.97. The van der Waals surface area contributed by atoms with Crippen LogP contribution in [0, 0.1) is 0 Å². The number of hydrogen-bond acceptors (Lipinski definition) is 4. The van der Waals surface area contributed by atoms with Gasteiger partial charge in [-0.05, 0) is 7.05 Å². The molecule has 15 heavy (non-hydrogen) atoms. The first-order valence-electron chi connectivity index (χ1n) is 5.50. The van der Waals surface area contributed by atoms with Crippen molar-refractivity contribution < 1.29 is 9.53 Å². The van der Waals surface area contributed by atoms with Gasteiger partial charge in [0.05, 0.1) is 13.2 Å². The van der Waals surface area contributed by atoms with Crippen LogP contribution in [0.3, 0.4) is 0 Å². The Morgan fingerprint density at radius 3 is 2.67 bits per heavy atom. The number of piperazine rings is 1. The summed E-state index contributed by atoms with van der Waals surface area (Å²) in [4.78, 5) is 16.1. The van der Waals surface area contributed by atoms with Gasteiger partial charge in [0, 0.05) is 44.4 Å². The van der Waals surface area contributed by atoms with E-state index in [2.05, 4.69) is 16.8 Å². The molecule has 2 saturated heterocycles. The van der Waals surface area contributed by atoms with Crippen molar-refractivity contribution >= 4 is 5.78 Å². The molecular formula is C11H18N2O2. The van der Waals surface area contributed by atoms with Crippen molar-refractivity contribution in [3.63, 3.8) is 0 Å². The number of Topliss-reactive ketones (excluding diaryl/α,β-unsaturated/α-hetero) is 1. The summed E-state index contributed by atoms with van der Waals surface area (Å²) in [6, 6.07) is 0. The standard InChI is InChI=1S/C11H18N2O2/c1-12-3-5-13(6-4-12)8-10-9-15-7-2-11(10)14/h8H,2-7,9H2,1H3/b10-8+. The molecule has 0 spiro atoms. The molecule has 2 heterocycles. The third kappa shape index (κ3) is 2.79. The monoisotopic (exact) mass is 210 g/mol. The van der Waals surface area contributed by atoms with Crippen LogP contribution in [0.15, 0.2) is 11.8 Å². The van der Waals surface area contributed by atoms with Crippen molar-refractivity contribution in [1.29, 1.82) is 0 Å². The molecule has 0 aromatic heterocycles. The summed E-state index contributed by atoms with van der Waals surface area (Å²) < 4.78 is 5.29. The van der Waals surface area contributed by atoms with E-state index in [0.29, 0.717) is 19.6 Å². The van der Waals surface area contributed by atoms with Crippen molar-refractivity contribution in [1.82, 2.24) is 9.80 Å². The number of ketones is 1. The fraction of sp³-hybridized carbons (Fsp3) is 0.727. The van der Waals surface area contributed by atoms with Gasteiger partial charge in [-0.1, -0.05) is 0 Å². The highest BCUT2D eigenvalue weighted by molar-refractivity contribution is 5.96. The summed E-state index contributed by atoms with van der Waals surface area (Å²) in [5.41, 5.74) is 0.839. The Morgan fingerprint density at radius 2 is 2.00 bits per heavy atom. The molecule has 4 heteroatoms. The lowest BCUT2D eigenvalue weighted by atomic mass is 10.1. The number of hydrogen-bond donors (Lipinski definition) is 0. The Balaban J connectivity index is 1.93. The van der Waals surface area contributed by atoms with E-state index in [0.717, 1.165) is 31.8 Å². The minimum atomic E-state index is 0.250. The zero-order chi connectivity index (χ0) is 10.7. The highest BCUT2D eigenvalue weighted by atomic mass is 16.5. The molecule has 0 unspecified atom stereocenters. The van der Waals surface area contributed by atoms with Crippen LogP contribution in [0.1, 0.15) is 6.42 Å². The molecule has 0 aliphatic carbocycles. The van der Waals surface area contributed by atoms with Crippen molar-refractivity contribution in [2.75, 3.05) is 46.4 Å². The summed E-state index contributed by atoms with van der Waals surface area (Å²) in [7, 11) is 2.12. The van der Waals surface area contributed by atoms with E-state index < -0.39 is 0 Å². The van der Waals surface area contributed by atoms with Crippen LogP contribution < -0.4 is 0 Å². The van der Waals surface area contributed by atoms with E-state index >= 15 is 0 Å². The minimum absolute atomic E-state index is 0.250. The maximum Gasteiger partial charge on any atom is 0.164 e. The van der Waals surface area contributed by atoms with Gasteiger partial charge in [0.2, 0.25) is 0 Å². The third-order valence-electron chi connectivity index (χ3n) is 2.97. The molecule has 84 valence electrons. The molecule has 0 saturated carbocycles. The van der Waals surface area contributed by atoms with Crippen LogP contribution >= 0.6 is 0 Å². The minimum Gasteiger partial charge on any atom is -0.376 e. The van der Waals surface area contributed by atoms with E-state index in [4.69, 9.17) is 4.74 Å². The molecule has 0 atom stereocenters. The molecular weight excluding hydrogens is 192 g/mol. The van der Waals surface area contributed by atoms with E-state index in [1.807, 2.05) is 6.20 Å². The fourth-order valence-electron chi connectivity index (χ4n) is 1.87. The molecule has 0 N–H and O–H groups in total. The Bertz CT molecular complexity index is 268. The summed E-state index contributed by atoms with van der Waals surface area (Å²) >= 11 is 0. The number of likely N-dealkylation sites (N-methyl/N-ethyl adjacent to an activating group) is 1. The molecule has 2 rings (SSSR count). The van der Waals surface area contributed by atoms with Gasteiger partial charge in [-0.2, -0.15) is 0 Å². The van der Waals surface area contributed by atoms with Gasteiger partial charge in [-0.3, -0.25) is 4.79 Å². The van der Waals surface area contributed by atoms with Gasteiger partial charge in [-0.15, -0.1) is 0 Å². The molecule has 0 aromatic carbocycles. The zero-order valence-corrected chi connectivity index (χ0v) is 9.24. The fourth-order valence-corrected chi connectivity index (χ4v) is 1.87.